The molecule has 2 unspecified atom stereocenters. The van der Waals surface area contributed by atoms with E-state index in [0.717, 1.165) is 19.3 Å². The van der Waals surface area contributed by atoms with Crippen molar-refractivity contribution >= 4 is 17.5 Å². The predicted octanol–water partition coefficient (Wildman–Crippen LogP) is 3.93. The third kappa shape index (κ3) is 2.80. The van der Waals surface area contributed by atoms with Crippen LogP contribution in [-0.2, 0) is 4.79 Å². The Bertz CT molecular complexity index is 415. The first-order chi connectivity index (χ1) is 9.86. The van der Waals surface area contributed by atoms with Gasteiger partial charge in [-0.15, -0.1) is 11.6 Å². The smallest absolute Gasteiger partial charge is 0.255 e. The zero-order chi connectivity index (χ0) is 15.3. The molecule has 5 heteroatoms. The lowest BCUT2D eigenvalue weighted by Gasteiger charge is -2.61. The van der Waals surface area contributed by atoms with Gasteiger partial charge >= 0.3 is 0 Å². The summed E-state index contributed by atoms with van der Waals surface area (Å²) in [6, 6.07) is 0. The summed E-state index contributed by atoms with van der Waals surface area (Å²) in [4.78, 5) is 14.3. The van der Waals surface area contributed by atoms with Crippen LogP contribution < -0.4 is 0 Å². The lowest BCUT2D eigenvalue weighted by Crippen LogP contribution is -2.58. The van der Waals surface area contributed by atoms with E-state index in [9.17, 15) is 13.6 Å². The first-order valence-corrected chi connectivity index (χ1v) is 8.53. The lowest BCUT2D eigenvalue weighted by atomic mass is 9.44. The molecule has 4 aliphatic rings. The second-order valence-corrected chi connectivity index (χ2v) is 8.26. The van der Waals surface area contributed by atoms with Crippen LogP contribution in [0.5, 0.6) is 0 Å². The Labute approximate surface area is 130 Å². The molecule has 0 aromatic rings. The maximum absolute atomic E-state index is 13.0. The first kappa shape index (κ1) is 15.5. The van der Waals surface area contributed by atoms with Crippen molar-refractivity contribution < 1.29 is 13.6 Å². The summed E-state index contributed by atoms with van der Waals surface area (Å²) in [5, 5.41) is 0. The van der Waals surface area contributed by atoms with Crippen molar-refractivity contribution in [2.45, 2.75) is 51.9 Å². The van der Waals surface area contributed by atoms with E-state index in [2.05, 4.69) is 6.92 Å². The molecule has 4 rings (SSSR count). The number of carbonyl (C=O) groups excluding carboxylic acids is 1. The zero-order valence-corrected chi connectivity index (χ0v) is 13.3. The highest BCUT2D eigenvalue weighted by Crippen LogP contribution is 2.65. The molecule has 0 aromatic carbocycles. The molecular weight excluding hydrogens is 296 g/mol. The topological polar surface area (TPSA) is 20.3 Å². The largest absolute Gasteiger partial charge is 0.335 e. The van der Waals surface area contributed by atoms with Crippen molar-refractivity contribution in [2.75, 3.05) is 19.0 Å². The highest BCUT2D eigenvalue weighted by molar-refractivity contribution is 6.18. The quantitative estimate of drug-likeness (QED) is 0.703. The van der Waals surface area contributed by atoms with Gasteiger partial charge in [-0.2, -0.15) is 0 Å². The number of rotatable bonds is 5. The molecule has 0 radical (unpaired) electrons. The maximum atomic E-state index is 13.0. The molecule has 0 saturated heterocycles. The molecule has 0 N–H and O–H groups in total. The van der Waals surface area contributed by atoms with Crippen LogP contribution >= 0.6 is 11.6 Å². The van der Waals surface area contributed by atoms with Crippen LogP contribution in [0.3, 0.4) is 0 Å². The van der Waals surface area contributed by atoms with Crippen molar-refractivity contribution in [2.24, 2.45) is 22.7 Å². The van der Waals surface area contributed by atoms with Gasteiger partial charge in [0.25, 0.3) is 6.43 Å². The van der Waals surface area contributed by atoms with Gasteiger partial charge in [0, 0.05) is 12.4 Å². The first-order valence-electron chi connectivity index (χ1n) is 7.99. The molecule has 0 spiro atoms. The molecule has 120 valence electrons. The minimum Gasteiger partial charge on any atom is -0.335 e. The van der Waals surface area contributed by atoms with E-state index in [1.54, 1.807) is 0 Å². The predicted molar refractivity (Wildman–Crippen MR) is 78.5 cm³/mol. The van der Waals surface area contributed by atoms with Crippen LogP contribution in [0.1, 0.15) is 45.4 Å². The second kappa shape index (κ2) is 5.36. The van der Waals surface area contributed by atoms with Gasteiger partial charge < -0.3 is 4.90 Å². The van der Waals surface area contributed by atoms with Crippen molar-refractivity contribution in [1.29, 1.82) is 0 Å². The minimum atomic E-state index is -2.48. The van der Waals surface area contributed by atoms with Gasteiger partial charge in [-0.25, -0.2) is 8.78 Å². The molecule has 4 bridgehead atoms. The van der Waals surface area contributed by atoms with E-state index in [1.165, 1.54) is 24.2 Å². The van der Waals surface area contributed by atoms with Gasteiger partial charge in [0.05, 0.1) is 12.0 Å². The van der Waals surface area contributed by atoms with Crippen molar-refractivity contribution in [1.82, 2.24) is 4.90 Å². The fourth-order valence-electron chi connectivity index (χ4n) is 5.85. The third-order valence-corrected chi connectivity index (χ3v) is 5.98. The fourth-order valence-corrected chi connectivity index (χ4v) is 6.05. The molecule has 0 aliphatic heterocycles. The van der Waals surface area contributed by atoms with Crippen LogP contribution in [0.2, 0.25) is 0 Å². The zero-order valence-electron chi connectivity index (χ0n) is 12.6. The molecule has 1 amide bonds. The molecule has 4 saturated carbocycles. The van der Waals surface area contributed by atoms with Gasteiger partial charge in [0.2, 0.25) is 5.91 Å². The minimum absolute atomic E-state index is 0.0521. The average Bonchev–Trinajstić information content (AvgIpc) is 2.33. The van der Waals surface area contributed by atoms with Crippen LogP contribution in [0, 0.1) is 22.7 Å². The van der Waals surface area contributed by atoms with E-state index in [1.807, 2.05) is 0 Å². The molecule has 2 nitrogen and oxygen atoms in total. The normalized spacial score (nSPS) is 40.8. The number of amides is 1. The number of alkyl halides is 3. The average molecular weight is 320 g/mol. The summed E-state index contributed by atoms with van der Waals surface area (Å²) in [6.07, 6.45) is 3.86. The van der Waals surface area contributed by atoms with Crippen LogP contribution in [0.4, 0.5) is 8.78 Å². The van der Waals surface area contributed by atoms with Gasteiger partial charge in [-0.1, -0.05) is 6.92 Å². The van der Waals surface area contributed by atoms with E-state index in [-0.39, 0.29) is 29.2 Å². The summed E-state index contributed by atoms with van der Waals surface area (Å²) in [5.74, 6) is 1.40. The number of nitrogens with zero attached hydrogens (tertiary/aromatic N) is 1. The number of hydrogen-bond acceptors (Lipinski definition) is 1. The summed E-state index contributed by atoms with van der Waals surface area (Å²) in [5.41, 5.74) is -0.128. The lowest BCUT2D eigenvalue weighted by molar-refractivity contribution is -0.167. The van der Waals surface area contributed by atoms with Crippen molar-refractivity contribution in [3.05, 3.63) is 0 Å². The highest BCUT2D eigenvalue weighted by Gasteiger charge is 2.59. The summed E-state index contributed by atoms with van der Waals surface area (Å²) < 4.78 is 25.6. The van der Waals surface area contributed by atoms with E-state index in [0.29, 0.717) is 11.8 Å². The Morgan fingerprint density at radius 3 is 2.38 bits per heavy atom. The van der Waals surface area contributed by atoms with E-state index < -0.39 is 13.0 Å². The van der Waals surface area contributed by atoms with E-state index >= 15 is 0 Å². The Balaban J connectivity index is 1.82. The van der Waals surface area contributed by atoms with Gasteiger partial charge in [0.15, 0.2) is 0 Å². The van der Waals surface area contributed by atoms with E-state index in [4.69, 9.17) is 11.6 Å². The Kier molecular flexibility index (Phi) is 3.96. The summed E-state index contributed by atoms with van der Waals surface area (Å²) in [6.45, 7) is 2.05. The molecule has 0 aromatic heterocycles. The fraction of sp³-hybridized carbons (Fsp3) is 0.938. The SMILES string of the molecule is CC12CC3CC(C1)CC(C(=O)N(CCCl)CC(F)F)(C3)C2. The monoisotopic (exact) mass is 319 g/mol. The molecule has 2 atom stereocenters. The van der Waals surface area contributed by atoms with Crippen molar-refractivity contribution in [3.8, 4) is 0 Å². The van der Waals surface area contributed by atoms with Gasteiger partial charge in [0.1, 0.15) is 0 Å². The highest BCUT2D eigenvalue weighted by atomic mass is 35.5. The third-order valence-electron chi connectivity index (χ3n) is 5.81. The number of halogens is 3. The van der Waals surface area contributed by atoms with Gasteiger partial charge in [-0.05, 0) is 55.8 Å². The summed E-state index contributed by atoms with van der Waals surface area (Å²) in [7, 11) is 0. The Morgan fingerprint density at radius 2 is 1.90 bits per heavy atom. The van der Waals surface area contributed by atoms with Crippen LogP contribution in [0.15, 0.2) is 0 Å². The maximum Gasteiger partial charge on any atom is 0.255 e. The van der Waals surface area contributed by atoms with Crippen LogP contribution in [0.25, 0.3) is 0 Å². The Morgan fingerprint density at radius 1 is 1.29 bits per heavy atom. The standard InChI is InChI=1S/C16H24ClF2NO/c1-15-5-11-4-12(6-15)8-16(7-11,10-15)14(21)20(3-2-17)9-13(18)19/h11-13H,2-10H2,1H3. The van der Waals surface area contributed by atoms with Gasteiger partial charge in [-0.3, -0.25) is 4.79 Å². The van der Waals surface area contributed by atoms with Crippen LogP contribution in [-0.4, -0.2) is 36.2 Å². The number of hydrogen-bond donors (Lipinski definition) is 0. The molecule has 0 heterocycles. The molecular formula is C16H24ClF2NO. The molecule has 4 fully saturated rings. The summed E-state index contributed by atoms with van der Waals surface area (Å²) >= 11 is 5.72. The second-order valence-electron chi connectivity index (χ2n) is 7.88. The Hall–Kier alpha value is -0.380. The molecule has 21 heavy (non-hydrogen) atoms. The molecule has 4 aliphatic carbocycles. The number of carbonyl (C=O) groups is 1. The van der Waals surface area contributed by atoms with Crippen molar-refractivity contribution in [3.63, 3.8) is 0 Å².